The maximum absolute atomic E-state index is 9.84. The van der Waals surface area contributed by atoms with Gasteiger partial charge in [-0.15, -0.1) is 0 Å². The van der Waals surface area contributed by atoms with Crippen LogP contribution < -0.4 is 0 Å². The first-order valence-electron chi connectivity index (χ1n) is 15.8. The highest BCUT2D eigenvalue weighted by atomic mass is 16.5. The molecule has 0 aliphatic heterocycles. The molecule has 0 unspecified atom stereocenters. The number of methoxy groups -OCH3 is 1. The van der Waals surface area contributed by atoms with Gasteiger partial charge in [-0.25, -0.2) is 0 Å². The van der Waals surface area contributed by atoms with Gasteiger partial charge in [-0.2, -0.15) is 0 Å². The molecule has 0 aliphatic carbocycles. The summed E-state index contributed by atoms with van der Waals surface area (Å²) in [5, 5.41) is 9.84. The first-order chi connectivity index (χ1) is 20.1. The standard InChI is InChI=1S/C41H62O2/c1-34(22-14-24-36(3)26-16-28-38(5)30-18-32-40(7,8)42)20-12-13-21-35(2)23-15-25-37(4)27-17-29-39(6)31-19-33-41(9,10)43-11/h12-15,17,19-25,27-29,31,42H,16,18,26,30,32-33H2,1-11H3/b13-12+,22-14+,23-15+,27-17+,31-19?,34-20+,35-21+,36-24+,37-25+,38-28?,39-29+. The fourth-order valence-electron chi connectivity index (χ4n) is 3.85. The molecule has 0 amide bonds. The second-order valence-electron chi connectivity index (χ2n) is 12.9. The van der Waals surface area contributed by atoms with Crippen LogP contribution in [0.5, 0.6) is 0 Å². The molecule has 0 spiro atoms. The lowest BCUT2D eigenvalue weighted by Crippen LogP contribution is -2.20. The van der Waals surface area contributed by atoms with Crippen LogP contribution in [0.1, 0.15) is 108 Å². The van der Waals surface area contributed by atoms with Crippen LogP contribution >= 0.6 is 0 Å². The van der Waals surface area contributed by atoms with Crippen molar-refractivity contribution in [3.05, 3.63) is 131 Å². The minimum atomic E-state index is -0.560. The van der Waals surface area contributed by atoms with E-state index in [1.54, 1.807) is 7.11 Å². The first-order valence-corrected chi connectivity index (χ1v) is 15.8. The third-order valence-electron chi connectivity index (χ3n) is 6.94. The van der Waals surface area contributed by atoms with Gasteiger partial charge in [0.25, 0.3) is 0 Å². The van der Waals surface area contributed by atoms with E-state index in [9.17, 15) is 5.11 Å². The molecule has 0 aromatic heterocycles. The highest BCUT2D eigenvalue weighted by Gasteiger charge is 2.13. The SMILES string of the molecule is COC(C)(C)CC=C/C(C)=C/C=C/C(C)=C/C=C/C(C)=C/C=C/C=C(C)/C=C/C=C(\C)CCC=C(C)CCCC(C)(C)O. The maximum atomic E-state index is 9.84. The Bertz CT molecular complexity index is 1140. The zero-order valence-electron chi connectivity index (χ0n) is 29.3. The summed E-state index contributed by atoms with van der Waals surface area (Å²) in [5.41, 5.74) is 6.95. The smallest absolute Gasteiger partial charge is 0.0657 e. The van der Waals surface area contributed by atoms with E-state index in [4.69, 9.17) is 4.74 Å². The maximum Gasteiger partial charge on any atom is 0.0657 e. The molecule has 0 atom stereocenters. The lowest BCUT2D eigenvalue weighted by Gasteiger charge is -2.20. The van der Waals surface area contributed by atoms with Gasteiger partial charge in [0.1, 0.15) is 0 Å². The summed E-state index contributed by atoms with van der Waals surface area (Å²) < 4.78 is 5.45. The van der Waals surface area contributed by atoms with Gasteiger partial charge in [-0.3, -0.25) is 0 Å². The second-order valence-corrected chi connectivity index (χ2v) is 12.9. The fourth-order valence-corrected chi connectivity index (χ4v) is 3.85. The van der Waals surface area contributed by atoms with Crippen LogP contribution in [0, 0.1) is 0 Å². The zero-order chi connectivity index (χ0) is 32.7. The van der Waals surface area contributed by atoms with Crippen molar-refractivity contribution in [2.45, 2.75) is 119 Å². The molecule has 2 nitrogen and oxygen atoms in total. The van der Waals surface area contributed by atoms with E-state index < -0.39 is 5.60 Å². The normalized spacial score (nSPS) is 16.0. The summed E-state index contributed by atoms with van der Waals surface area (Å²) in [7, 11) is 1.75. The summed E-state index contributed by atoms with van der Waals surface area (Å²) >= 11 is 0. The van der Waals surface area contributed by atoms with Gasteiger partial charge >= 0.3 is 0 Å². The van der Waals surface area contributed by atoms with Crippen molar-refractivity contribution >= 4 is 0 Å². The van der Waals surface area contributed by atoms with Gasteiger partial charge in [0, 0.05) is 7.11 Å². The molecular formula is C41H62O2. The Labute approximate surface area is 266 Å². The average Bonchev–Trinajstić information content (AvgIpc) is 2.90. The van der Waals surface area contributed by atoms with Crippen molar-refractivity contribution in [2.75, 3.05) is 7.11 Å². The molecule has 43 heavy (non-hydrogen) atoms. The molecule has 0 bridgehead atoms. The van der Waals surface area contributed by atoms with E-state index in [1.165, 1.54) is 33.4 Å². The van der Waals surface area contributed by atoms with Crippen LogP contribution in [0.4, 0.5) is 0 Å². The van der Waals surface area contributed by atoms with Gasteiger partial charge in [-0.05, 0) is 108 Å². The van der Waals surface area contributed by atoms with Crippen molar-refractivity contribution in [1.29, 1.82) is 0 Å². The number of aliphatic hydroxyl groups is 1. The Hall–Kier alpha value is -2.94. The molecule has 0 aromatic carbocycles. The lowest BCUT2D eigenvalue weighted by molar-refractivity contribution is 0.0255. The number of ether oxygens (including phenoxy) is 1. The lowest BCUT2D eigenvalue weighted by atomic mass is 9.99. The molecule has 0 saturated carbocycles. The summed E-state index contributed by atoms with van der Waals surface area (Å²) in [6.45, 7) is 20.8. The number of hydrogen-bond donors (Lipinski definition) is 1. The largest absolute Gasteiger partial charge is 0.390 e. The van der Waals surface area contributed by atoms with Crippen molar-refractivity contribution in [3.8, 4) is 0 Å². The zero-order valence-corrected chi connectivity index (χ0v) is 29.3. The topological polar surface area (TPSA) is 29.5 Å². The molecule has 2 heteroatoms. The Morgan fingerprint density at radius 2 is 1.07 bits per heavy atom. The van der Waals surface area contributed by atoms with Gasteiger partial charge in [-0.1, -0.05) is 131 Å². The highest BCUT2D eigenvalue weighted by molar-refractivity contribution is 5.32. The predicted molar refractivity (Wildman–Crippen MR) is 193 cm³/mol. The highest BCUT2D eigenvalue weighted by Crippen LogP contribution is 2.17. The second kappa shape index (κ2) is 22.6. The molecule has 0 radical (unpaired) electrons. The molecule has 0 saturated heterocycles. The van der Waals surface area contributed by atoms with Crippen LogP contribution in [-0.4, -0.2) is 23.4 Å². The van der Waals surface area contributed by atoms with E-state index in [1.807, 2.05) is 13.8 Å². The van der Waals surface area contributed by atoms with E-state index in [-0.39, 0.29) is 5.60 Å². The van der Waals surface area contributed by atoms with Gasteiger partial charge in [0.15, 0.2) is 0 Å². The summed E-state index contributed by atoms with van der Waals surface area (Å²) in [6.07, 6.45) is 40.2. The monoisotopic (exact) mass is 586 g/mol. The van der Waals surface area contributed by atoms with Crippen molar-refractivity contribution in [1.82, 2.24) is 0 Å². The fraction of sp³-hybridized carbons (Fsp3) is 0.463. The van der Waals surface area contributed by atoms with E-state index >= 15 is 0 Å². The van der Waals surface area contributed by atoms with E-state index in [2.05, 4.69) is 153 Å². The minimum absolute atomic E-state index is 0.122. The van der Waals surface area contributed by atoms with Crippen molar-refractivity contribution in [3.63, 3.8) is 0 Å². The molecule has 0 aliphatic rings. The van der Waals surface area contributed by atoms with E-state index in [0.717, 1.165) is 38.5 Å². The third kappa shape index (κ3) is 26.4. The molecule has 0 fully saturated rings. The molecule has 238 valence electrons. The minimum Gasteiger partial charge on any atom is -0.390 e. The molecule has 1 N–H and O–H groups in total. The van der Waals surface area contributed by atoms with Crippen LogP contribution in [0.2, 0.25) is 0 Å². The van der Waals surface area contributed by atoms with Gasteiger partial charge in [0.2, 0.25) is 0 Å². The Morgan fingerprint density at radius 3 is 1.56 bits per heavy atom. The Morgan fingerprint density at radius 1 is 0.605 bits per heavy atom. The van der Waals surface area contributed by atoms with Crippen molar-refractivity contribution in [2.24, 2.45) is 0 Å². The van der Waals surface area contributed by atoms with Crippen LogP contribution in [-0.2, 0) is 4.74 Å². The summed E-state index contributed by atoms with van der Waals surface area (Å²) in [5.74, 6) is 0. The van der Waals surface area contributed by atoms with Crippen LogP contribution in [0.15, 0.2) is 131 Å². The predicted octanol–water partition coefficient (Wildman–Crippen LogP) is 12.0. The Balaban J connectivity index is 4.64. The number of hydrogen-bond acceptors (Lipinski definition) is 2. The quantitative estimate of drug-likeness (QED) is 0.120. The van der Waals surface area contributed by atoms with Gasteiger partial charge in [0.05, 0.1) is 11.2 Å². The Kier molecular flexibility index (Phi) is 21.0. The number of rotatable bonds is 19. The molecular weight excluding hydrogens is 524 g/mol. The molecule has 0 rings (SSSR count). The summed E-state index contributed by atoms with van der Waals surface area (Å²) in [4.78, 5) is 0. The van der Waals surface area contributed by atoms with Crippen LogP contribution in [0.3, 0.4) is 0 Å². The molecule has 0 heterocycles. The van der Waals surface area contributed by atoms with E-state index in [0.29, 0.717) is 0 Å². The third-order valence-corrected chi connectivity index (χ3v) is 6.94. The van der Waals surface area contributed by atoms with Gasteiger partial charge < -0.3 is 9.84 Å². The summed E-state index contributed by atoms with van der Waals surface area (Å²) in [6, 6.07) is 0. The van der Waals surface area contributed by atoms with Crippen LogP contribution in [0.25, 0.3) is 0 Å². The molecule has 0 aromatic rings. The average molecular weight is 587 g/mol. The first kappa shape index (κ1) is 40.1. The van der Waals surface area contributed by atoms with Crippen molar-refractivity contribution < 1.29 is 9.84 Å². The number of allylic oxidation sites excluding steroid dienone is 21.